The van der Waals surface area contributed by atoms with E-state index in [4.69, 9.17) is 4.42 Å². The summed E-state index contributed by atoms with van der Waals surface area (Å²) >= 11 is 0. The van der Waals surface area contributed by atoms with Gasteiger partial charge < -0.3 is 14.2 Å². The van der Waals surface area contributed by atoms with Crippen LogP contribution < -0.4 is 0 Å². The van der Waals surface area contributed by atoms with Crippen molar-refractivity contribution in [2.75, 3.05) is 33.2 Å². The third kappa shape index (κ3) is 3.39. The fourth-order valence-corrected chi connectivity index (χ4v) is 2.22. The fourth-order valence-electron chi connectivity index (χ4n) is 2.22. The Morgan fingerprint density at radius 1 is 1.25 bits per heavy atom. The van der Waals surface area contributed by atoms with Gasteiger partial charge in [-0.2, -0.15) is 0 Å². The molecule has 1 aromatic heterocycles. The lowest BCUT2D eigenvalue weighted by Gasteiger charge is -2.32. The summed E-state index contributed by atoms with van der Waals surface area (Å²) in [4.78, 5) is 20.9. The molecule has 5 heteroatoms. The summed E-state index contributed by atoms with van der Waals surface area (Å²) in [6.45, 7) is 11.6. The lowest BCUT2D eigenvalue weighted by Crippen LogP contribution is -2.47. The second-order valence-electron chi connectivity index (χ2n) is 6.64. The van der Waals surface area contributed by atoms with Crippen molar-refractivity contribution in [1.82, 2.24) is 14.8 Å². The van der Waals surface area contributed by atoms with Crippen LogP contribution in [-0.2, 0) is 16.6 Å². The van der Waals surface area contributed by atoms with Crippen LogP contribution in [0.1, 0.15) is 38.1 Å². The van der Waals surface area contributed by atoms with E-state index in [0.717, 1.165) is 31.9 Å². The van der Waals surface area contributed by atoms with Crippen LogP contribution in [0.5, 0.6) is 0 Å². The summed E-state index contributed by atoms with van der Waals surface area (Å²) in [7, 11) is 2.08. The van der Waals surface area contributed by atoms with Crippen molar-refractivity contribution >= 4 is 5.91 Å². The van der Waals surface area contributed by atoms with Crippen molar-refractivity contribution in [3.63, 3.8) is 0 Å². The van der Waals surface area contributed by atoms with Gasteiger partial charge in [0.2, 0.25) is 5.91 Å². The topological polar surface area (TPSA) is 49.6 Å². The fraction of sp³-hybridized carbons (Fsp3) is 0.733. The summed E-state index contributed by atoms with van der Waals surface area (Å²) in [6.07, 6.45) is 0.318. The number of oxazole rings is 1. The first-order chi connectivity index (χ1) is 9.27. The van der Waals surface area contributed by atoms with Crippen molar-refractivity contribution in [1.29, 1.82) is 0 Å². The van der Waals surface area contributed by atoms with Crippen LogP contribution in [0.15, 0.2) is 4.42 Å². The van der Waals surface area contributed by atoms with Crippen LogP contribution >= 0.6 is 0 Å². The number of aryl methyl sites for hydroxylation is 1. The van der Waals surface area contributed by atoms with E-state index in [1.54, 1.807) is 0 Å². The number of nitrogens with zero attached hydrogens (tertiary/aromatic N) is 3. The Kier molecular flexibility index (Phi) is 4.18. The molecule has 1 fully saturated rings. The lowest BCUT2D eigenvalue weighted by molar-refractivity contribution is -0.132. The Labute approximate surface area is 121 Å². The Hall–Kier alpha value is -1.36. The number of hydrogen-bond acceptors (Lipinski definition) is 4. The molecule has 1 aromatic rings. The summed E-state index contributed by atoms with van der Waals surface area (Å²) in [6, 6.07) is 0. The normalized spacial score (nSPS) is 17.6. The highest BCUT2D eigenvalue weighted by molar-refractivity contribution is 5.78. The molecule has 0 radical (unpaired) electrons. The van der Waals surface area contributed by atoms with Gasteiger partial charge in [0.1, 0.15) is 5.76 Å². The van der Waals surface area contributed by atoms with E-state index in [1.165, 1.54) is 0 Å². The molecule has 2 rings (SSSR count). The van der Waals surface area contributed by atoms with Gasteiger partial charge in [0.25, 0.3) is 0 Å². The number of likely N-dealkylation sites (N-methyl/N-ethyl adjacent to an activating group) is 1. The molecule has 0 aromatic carbocycles. The largest absolute Gasteiger partial charge is 0.444 e. The van der Waals surface area contributed by atoms with Crippen molar-refractivity contribution < 1.29 is 9.21 Å². The zero-order valence-electron chi connectivity index (χ0n) is 13.2. The van der Waals surface area contributed by atoms with E-state index >= 15 is 0 Å². The van der Waals surface area contributed by atoms with Gasteiger partial charge in [0, 0.05) is 31.6 Å². The molecular formula is C15H25N3O2. The van der Waals surface area contributed by atoms with Gasteiger partial charge in [0.05, 0.1) is 12.1 Å². The number of aromatic nitrogens is 1. The highest BCUT2D eigenvalue weighted by atomic mass is 16.4. The summed E-state index contributed by atoms with van der Waals surface area (Å²) in [5, 5.41) is 0. The predicted octanol–water partition coefficient (Wildman–Crippen LogP) is 1.60. The zero-order valence-corrected chi connectivity index (χ0v) is 13.2. The smallest absolute Gasteiger partial charge is 0.230 e. The SMILES string of the molecule is Cc1nc(C(C)(C)C)oc1CC(=O)N1CCN(C)CC1. The molecule has 1 saturated heterocycles. The average Bonchev–Trinajstić information content (AvgIpc) is 2.71. The molecule has 20 heavy (non-hydrogen) atoms. The van der Waals surface area contributed by atoms with E-state index in [0.29, 0.717) is 18.1 Å². The maximum atomic E-state index is 12.3. The van der Waals surface area contributed by atoms with E-state index in [9.17, 15) is 4.79 Å². The van der Waals surface area contributed by atoms with Crippen molar-refractivity contribution in [3.05, 3.63) is 17.3 Å². The molecule has 1 amide bonds. The third-order valence-corrected chi connectivity index (χ3v) is 3.70. The van der Waals surface area contributed by atoms with E-state index in [1.807, 2.05) is 11.8 Å². The van der Waals surface area contributed by atoms with Gasteiger partial charge in [0.15, 0.2) is 5.89 Å². The van der Waals surface area contributed by atoms with Crippen molar-refractivity contribution in [3.8, 4) is 0 Å². The monoisotopic (exact) mass is 279 g/mol. The first-order valence-corrected chi connectivity index (χ1v) is 7.20. The molecule has 0 N–H and O–H groups in total. The van der Waals surface area contributed by atoms with Gasteiger partial charge in [-0.05, 0) is 14.0 Å². The van der Waals surface area contributed by atoms with Crippen molar-refractivity contribution in [2.24, 2.45) is 0 Å². The molecule has 0 aliphatic carbocycles. The lowest BCUT2D eigenvalue weighted by atomic mass is 9.97. The van der Waals surface area contributed by atoms with Gasteiger partial charge in [-0.3, -0.25) is 4.79 Å². The molecule has 0 unspecified atom stereocenters. The molecule has 1 aliphatic heterocycles. The number of amides is 1. The summed E-state index contributed by atoms with van der Waals surface area (Å²) in [5.74, 6) is 1.55. The van der Waals surface area contributed by atoms with Crippen LogP contribution in [0.25, 0.3) is 0 Å². The number of rotatable bonds is 2. The minimum Gasteiger partial charge on any atom is -0.444 e. The van der Waals surface area contributed by atoms with Crippen molar-refractivity contribution in [2.45, 2.75) is 39.5 Å². The van der Waals surface area contributed by atoms with E-state index in [-0.39, 0.29) is 11.3 Å². The number of hydrogen-bond donors (Lipinski definition) is 0. The molecule has 0 saturated carbocycles. The molecule has 0 bridgehead atoms. The molecule has 112 valence electrons. The quantitative estimate of drug-likeness (QED) is 0.825. The molecule has 0 atom stereocenters. The second kappa shape index (κ2) is 5.56. The maximum Gasteiger partial charge on any atom is 0.230 e. The average molecular weight is 279 g/mol. The van der Waals surface area contributed by atoms with E-state index in [2.05, 4.69) is 37.7 Å². The van der Waals surface area contributed by atoms with Gasteiger partial charge in [-0.25, -0.2) is 4.98 Å². The number of carbonyl (C=O) groups is 1. The first kappa shape index (κ1) is 15.0. The zero-order chi connectivity index (χ0) is 14.9. The Balaban J connectivity index is 2.03. The van der Waals surface area contributed by atoms with Crippen LogP contribution in [0.4, 0.5) is 0 Å². The van der Waals surface area contributed by atoms with Gasteiger partial charge in [-0.15, -0.1) is 0 Å². The molecule has 5 nitrogen and oxygen atoms in total. The van der Waals surface area contributed by atoms with Crippen LogP contribution in [0, 0.1) is 6.92 Å². The number of carbonyl (C=O) groups excluding carboxylic acids is 1. The van der Waals surface area contributed by atoms with Crippen LogP contribution in [-0.4, -0.2) is 53.9 Å². The van der Waals surface area contributed by atoms with E-state index < -0.39 is 0 Å². The molecule has 2 heterocycles. The van der Waals surface area contributed by atoms with Crippen LogP contribution in [0.2, 0.25) is 0 Å². The summed E-state index contributed by atoms with van der Waals surface area (Å²) < 4.78 is 5.79. The Morgan fingerprint density at radius 2 is 1.85 bits per heavy atom. The van der Waals surface area contributed by atoms with Crippen LogP contribution in [0.3, 0.4) is 0 Å². The second-order valence-corrected chi connectivity index (χ2v) is 6.64. The highest BCUT2D eigenvalue weighted by Gasteiger charge is 2.25. The van der Waals surface area contributed by atoms with Gasteiger partial charge >= 0.3 is 0 Å². The Morgan fingerprint density at radius 3 is 2.35 bits per heavy atom. The minimum absolute atomic E-state index is 0.125. The summed E-state index contributed by atoms with van der Waals surface area (Å²) in [5.41, 5.74) is 0.706. The molecule has 0 spiro atoms. The van der Waals surface area contributed by atoms with Gasteiger partial charge in [-0.1, -0.05) is 20.8 Å². The first-order valence-electron chi connectivity index (χ1n) is 7.20. The molecule has 1 aliphatic rings. The predicted molar refractivity (Wildman–Crippen MR) is 77.7 cm³/mol. The Bertz CT molecular complexity index is 480. The third-order valence-electron chi connectivity index (χ3n) is 3.70. The highest BCUT2D eigenvalue weighted by Crippen LogP contribution is 2.24. The standard InChI is InChI=1S/C15H25N3O2/c1-11-12(20-14(16-11)15(2,3)4)10-13(19)18-8-6-17(5)7-9-18/h6-10H2,1-5H3. The molecular weight excluding hydrogens is 254 g/mol. The maximum absolute atomic E-state index is 12.3. The number of piperazine rings is 1. The minimum atomic E-state index is -0.125.